The van der Waals surface area contributed by atoms with Crippen molar-refractivity contribution in [3.63, 3.8) is 0 Å². The second kappa shape index (κ2) is 8.14. The quantitative estimate of drug-likeness (QED) is 0.718. The average Bonchev–Trinajstić information content (AvgIpc) is 2.55. The zero-order valence-electron chi connectivity index (χ0n) is 12.1. The van der Waals surface area contributed by atoms with Crippen molar-refractivity contribution in [1.29, 1.82) is 0 Å². The molecule has 2 rings (SSSR count). The van der Waals surface area contributed by atoms with Crippen LogP contribution in [0.25, 0.3) is 0 Å². The number of hydrogen-bond acceptors (Lipinski definition) is 2. The number of aliphatic hydroxyl groups is 1. The molecule has 2 amide bonds. The minimum Gasteiger partial charge on any atom is -0.396 e. The Morgan fingerprint density at radius 2 is 1.68 bits per heavy atom. The normalized spacial score (nSPS) is 11.7. The van der Waals surface area contributed by atoms with Crippen LogP contribution in [-0.4, -0.2) is 24.3 Å². The first kappa shape index (κ1) is 16.0. The van der Waals surface area contributed by atoms with Crippen molar-refractivity contribution in [1.82, 2.24) is 10.6 Å². The van der Waals surface area contributed by atoms with Gasteiger partial charge in [-0.05, 0) is 29.7 Å². The van der Waals surface area contributed by atoms with Gasteiger partial charge in [0.2, 0.25) is 0 Å². The molecule has 0 spiro atoms. The van der Waals surface area contributed by atoms with Gasteiger partial charge in [0, 0.05) is 13.2 Å². The molecule has 116 valence electrons. The van der Waals surface area contributed by atoms with Crippen LogP contribution >= 0.6 is 0 Å². The summed E-state index contributed by atoms with van der Waals surface area (Å²) in [4.78, 5) is 12.0. The number of hydrogen-bond donors (Lipinski definition) is 3. The van der Waals surface area contributed by atoms with E-state index >= 15 is 0 Å². The van der Waals surface area contributed by atoms with Gasteiger partial charge in [-0.15, -0.1) is 0 Å². The van der Waals surface area contributed by atoms with Crippen LogP contribution in [0.4, 0.5) is 9.18 Å². The van der Waals surface area contributed by atoms with Crippen molar-refractivity contribution in [3.8, 4) is 0 Å². The molecule has 0 heterocycles. The first-order chi connectivity index (χ1) is 10.7. The predicted octanol–water partition coefficient (Wildman–Crippen LogP) is 2.60. The van der Waals surface area contributed by atoms with Crippen molar-refractivity contribution in [2.24, 2.45) is 0 Å². The Bertz CT molecular complexity index is 587. The molecule has 22 heavy (non-hydrogen) atoms. The summed E-state index contributed by atoms with van der Waals surface area (Å²) in [5, 5.41) is 14.3. The van der Waals surface area contributed by atoms with E-state index in [1.54, 1.807) is 12.1 Å². The van der Waals surface area contributed by atoms with Crippen LogP contribution in [-0.2, 0) is 0 Å². The summed E-state index contributed by atoms with van der Waals surface area (Å²) in [6.07, 6.45) is 0.500. The maximum atomic E-state index is 13.1. The molecule has 0 saturated carbocycles. The van der Waals surface area contributed by atoms with Gasteiger partial charge in [0.05, 0.1) is 6.04 Å². The van der Waals surface area contributed by atoms with Gasteiger partial charge in [0.15, 0.2) is 0 Å². The number of rotatable bonds is 6. The third-order valence-corrected chi connectivity index (χ3v) is 3.23. The third-order valence-electron chi connectivity index (χ3n) is 3.23. The van der Waals surface area contributed by atoms with E-state index < -0.39 is 0 Å². The molecule has 0 aromatic heterocycles. The molecular weight excluding hydrogens is 283 g/mol. The number of urea groups is 1. The van der Waals surface area contributed by atoms with E-state index in [1.165, 1.54) is 12.1 Å². The molecule has 2 aromatic rings. The van der Waals surface area contributed by atoms with E-state index in [2.05, 4.69) is 10.6 Å². The Balaban J connectivity index is 2.15. The van der Waals surface area contributed by atoms with Gasteiger partial charge in [-0.1, -0.05) is 42.5 Å². The summed E-state index contributed by atoms with van der Waals surface area (Å²) < 4.78 is 13.1. The van der Waals surface area contributed by atoms with Gasteiger partial charge in [-0.2, -0.15) is 0 Å². The first-order valence-corrected chi connectivity index (χ1v) is 7.16. The minimum absolute atomic E-state index is 0.0281. The number of benzene rings is 2. The van der Waals surface area contributed by atoms with E-state index in [4.69, 9.17) is 5.11 Å². The fraction of sp³-hybridized carbons (Fsp3) is 0.235. The molecule has 1 unspecified atom stereocenters. The summed E-state index contributed by atoms with van der Waals surface area (Å²) in [5.41, 5.74) is 1.70. The number of carbonyl (C=O) groups is 1. The Morgan fingerprint density at radius 1 is 1.05 bits per heavy atom. The summed E-state index contributed by atoms with van der Waals surface area (Å²) >= 11 is 0. The highest BCUT2D eigenvalue weighted by molar-refractivity contribution is 5.75. The highest BCUT2D eigenvalue weighted by Gasteiger charge is 2.16. The molecule has 0 fully saturated rings. The Morgan fingerprint density at radius 3 is 2.32 bits per heavy atom. The van der Waals surface area contributed by atoms with E-state index in [0.29, 0.717) is 13.0 Å². The van der Waals surface area contributed by atoms with Gasteiger partial charge >= 0.3 is 6.03 Å². The maximum Gasteiger partial charge on any atom is 0.315 e. The molecule has 0 aliphatic heterocycles. The molecule has 4 nitrogen and oxygen atoms in total. The zero-order valence-corrected chi connectivity index (χ0v) is 12.1. The van der Waals surface area contributed by atoms with Crippen LogP contribution in [0.5, 0.6) is 0 Å². The molecule has 0 aliphatic carbocycles. The van der Waals surface area contributed by atoms with Gasteiger partial charge in [-0.3, -0.25) is 0 Å². The van der Waals surface area contributed by atoms with Gasteiger partial charge in [0.25, 0.3) is 0 Å². The molecule has 1 atom stereocenters. The molecule has 0 aliphatic rings. The van der Waals surface area contributed by atoms with E-state index in [-0.39, 0.29) is 24.5 Å². The van der Waals surface area contributed by atoms with Crippen LogP contribution in [0.3, 0.4) is 0 Å². The lowest BCUT2D eigenvalue weighted by Gasteiger charge is -2.20. The van der Waals surface area contributed by atoms with Crippen molar-refractivity contribution in [2.75, 3.05) is 13.2 Å². The largest absolute Gasteiger partial charge is 0.396 e. The summed E-state index contributed by atoms with van der Waals surface area (Å²) in [6.45, 7) is 0.424. The SMILES string of the molecule is O=C(NCCCO)NC(c1ccccc1)c1ccc(F)cc1. The van der Waals surface area contributed by atoms with Crippen LogP contribution in [0.2, 0.25) is 0 Å². The highest BCUT2D eigenvalue weighted by atomic mass is 19.1. The summed E-state index contributed by atoms with van der Waals surface area (Å²) in [6, 6.07) is 14.8. The second-order valence-electron chi connectivity index (χ2n) is 4.87. The molecule has 0 bridgehead atoms. The number of nitrogens with one attached hydrogen (secondary N) is 2. The van der Waals surface area contributed by atoms with Crippen molar-refractivity contribution in [3.05, 3.63) is 71.5 Å². The van der Waals surface area contributed by atoms with Gasteiger partial charge in [-0.25, -0.2) is 9.18 Å². The Kier molecular flexibility index (Phi) is 5.91. The summed E-state index contributed by atoms with van der Waals surface area (Å²) in [7, 11) is 0. The number of carbonyl (C=O) groups excluding carboxylic acids is 1. The van der Waals surface area contributed by atoms with Crippen LogP contribution in [0.15, 0.2) is 54.6 Å². The van der Waals surface area contributed by atoms with E-state index in [1.807, 2.05) is 30.3 Å². The molecule has 5 heteroatoms. The van der Waals surface area contributed by atoms with Crippen LogP contribution in [0, 0.1) is 5.82 Å². The zero-order chi connectivity index (χ0) is 15.8. The fourth-order valence-corrected chi connectivity index (χ4v) is 2.12. The number of halogens is 1. The molecule has 3 N–H and O–H groups in total. The predicted molar refractivity (Wildman–Crippen MR) is 82.9 cm³/mol. The maximum absolute atomic E-state index is 13.1. The van der Waals surface area contributed by atoms with Gasteiger partial charge in [0.1, 0.15) is 5.82 Å². The standard InChI is InChI=1S/C17H19FN2O2/c18-15-9-7-14(8-10-15)16(13-5-2-1-3-6-13)20-17(22)19-11-4-12-21/h1-3,5-10,16,21H,4,11-12H2,(H2,19,20,22). The van der Waals surface area contributed by atoms with Crippen molar-refractivity contribution >= 4 is 6.03 Å². The third kappa shape index (κ3) is 4.56. The molecule has 0 radical (unpaired) electrons. The van der Waals surface area contributed by atoms with Crippen molar-refractivity contribution in [2.45, 2.75) is 12.5 Å². The first-order valence-electron chi connectivity index (χ1n) is 7.16. The molecular formula is C17H19FN2O2. The minimum atomic E-state index is -0.365. The van der Waals surface area contributed by atoms with Crippen LogP contribution < -0.4 is 10.6 Å². The van der Waals surface area contributed by atoms with E-state index in [9.17, 15) is 9.18 Å². The molecule has 0 saturated heterocycles. The lowest BCUT2D eigenvalue weighted by atomic mass is 9.99. The summed E-state index contributed by atoms with van der Waals surface area (Å²) in [5.74, 6) is -0.317. The van der Waals surface area contributed by atoms with Gasteiger partial charge < -0.3 is 15.7 Å². The highest BCUT2D eigenvalue weighted by Crippen LogP contribution is 2.22. The second-order valence-corrected chi connectivity index (χ2v) is 4.87. The lowest BCUT2D eigenvalue weighted by Crippen LogP contribution is -2.39. The smallest absolute Gasteiger partial charge is 0.315 e. The number of aliphatic hydroxyl groups excluding tert-OH is 1. The van der Waals surface area contributed by atoms with Crippen molar-refractivity contribution < 1.29 is 14.3 Å². The topological polar surface area (TPSA) is 61.4 Å². The fourth-order valence-electron chi connectivity index (χ4n) is 2.12. The molecule has 2 aromatic carbocycles. The van der Waals surface area contributed by atoms with E-state index in [0.717, 1.165) is 11.1 Å². The Hall–Kier alpha value is -2.40. The number of amides is 2. The average molecular weight is 302 g/mol. The van der Waals surface area contributed by atoms with Crippen LogP contribution in [0.1, 0.15) is 23.6 Å². The lowest BCUT2D eigenvalue weighted by molar-refractivity contribution is 0.236. The Labute approximate surface area is 129 Å². The monoisotopic (exact) mass is 302 g/mol.